The van der Waals surface area contributed by atoms with Gasteiger partial charge in [0.1, 0.15) is 6.61 Å². The highest BCUT2D eigenvalue weighted by Gasteiger charge is 2.45. The van der Waals surface area contributed by atoms with Gasteiger partial charge in [0.05, 0.1) is 12.5 Å². The van der Waals surface area contributed by atoms with Gasteiger partial charge in [-0.3, -0.25) is 9.35 Å². The quantitative estimate of drug-likeness (QED) is 0.233. The van der Waals surface area contributed by atoms with E-state index in [2.05, 4.69) is 14.8 Å². The molecule has 2 N–H and O–H groups in total. The predicted octanol–water partition coefficient (Wildman–Crippen LogP) is 0.326. The third kappa shape index (κ3) is 9.14. The van der Waals surface area contributed by atoms with Crippen molar-refractivity contribution in [3.8, 4) is 0 Å². The van der Waals surface area contributed by atoms with E-state index in [1.807, 2.05) is 0 Å². The van der Waals surface area contributed by atoms with Crippen LogP contribution in [-0.4, -0.2) is 62.6 Å². The Morgan fingerprint density at radius 3 is 2.32 bits per heavy atom. The lowest BCUT2D eigenvalue weighted by molar-refractivity contribution is -0.152. The molecular weight excluding hydrogens is 372 g/mol. The van der Waals surface area contributed by atoms with Crippen LogP contribution in [0, 0.1) is 5.92 Å². The standard InChI is InChI=1S/C12H19F2NO9S/c1-3-8(2)10(17)22-5-4-15-11(18)23-6-9(16)24-7-12(13,14)25(19,20)21/h8H,3-7H2,1-2H3,(H,15,18)(H,19,20,21). The summed E-state index contributed by atoms with van der Waals surface area (Å²) in [5.41, 5.74) is 0. The Hall–Kier alpha value is -2.02. The van der Waals surface area contributed by atoms with Crippen LogP contribution in [0.5, 0.6) is 0 Å². The summed E-state index contributed by atoms with van der Waals surface area (Å²) < 4.78 is 67.3. The molecule has 0 aliphatic rings. The molecule has 1 unspecified atom stereocenters. The maximum Gasteiger partial charge on any atom is 0.407 e. The summed E-state index contributed by atoms with van der Waals surface area (Å²) in [6.07, 6.45) is -0.523. The summed E-state index contributed by atoms with van der Waals surface area (Å²) in [5, 5.41) is -2.56. The molecule has 0 spiro atoms. The van der Waals surface area contributed by atoms with Gasteiger partial charge in [0.15, 0.2) is 13.2 Å². The van der Waals surface area contributed by atoms with Crippen molar-refractivity contribution in [1.82, 2.24) is 5.32 Å². The fourth-order valence-electron chi connectivity index (χ4n) is 1.07. The highest BCUT2D eigenvalue weighted by atomic mass is 32.2. The van der Waals surface area contributed by atoms with Crippen molar-refractivity contribution >= 4 is 28.1 Å². The van der Waals surface area contributed by atoms with E-state index in [0.717, 1.165) is 0 Å². The topological polar surface area (TPSA) is 145 Å². The number of amides is 1. The number of rotatable bonds is 10. The molecule has 0 fully saturated rings. The molecule has 13 heteroatoms. The molecule has 0 aliphatic heterocycles. The fourth-order valence-corrected chi connectivity index (χ4v) is 1.28. The van der Waals surface area contributed by atoms with Crippen LogP contribution in [-0.2, 0) is 33.9 Å². The molecular formula is C12H19F2NO9S. The summed E-state index contributed by atoms with van der Waals surface area (Å²) in [4.78, 5) is 33.5. The molecule has 0 saturated carbocycles. The van der Waals surface area contributed by atoms with Crippen molar-refractivity contribution in [2.75, 3.05) is 26.4 Å². The Labute approximate surface area is 142 Å². The molecule has 0 rings (SSSR count). The van der Waals surface area contributed by atoms with Crippen LogP contribution in [0.3, 0.4) is 0 Å². The van der Waals surface area contributed by atoms with E-state index in [0.29, 0.717) is 6.42 Å². The van der Waals surface area contributed by atoms with E-state index in [-0.39, 0.29) is 19.1 Å². The number of nitrogens with one attached hydrogen (secondary N) is 1. The van der Waals surface area contributed by atoms with Gasteiger partial charge in [0.2, 0.25) is 0 Å². The second kappa shape index (κ2) is 10.1. The van der Waals surface area contributed by atoms with Crippen LogP contribution in [0.2, 0.25) is 0 Å². The predicted molar refractivity (Wildman–Crippen MR) is 77.2 cm³/mol. The average Bonchev–Trinajstić information content (AvgIpc) is 2.52. The third-order valence-electron chi connectivity index (χ3n) is 2.73. The molecule has 10 nitrogen and oxygen atoms in total. The van der Waals surface area contributed by atoms with Gasteiger partial charge in [-0.25, -0.2) is 9.59 Å². The Balaban J connectivity index is 3.96. The molecule has 1 atom stereocenters. The van der Waals surface area contributed by atoms with Crippen molar-refractivity contribution in [3.63, 3.8) is 0 Å². The van der Waals surface area contributed by atoms with Gasteiger partial charge >= 0.3 is 33.4 Å². The maximum atomic E-state index is 12.8. The number of halogens is 2. The number of ether oxygens (including phenoxy) is 3. The second-order valence-electron chi connectivity index (χ2n) is 4.75. The molecule has 0 radical (unpaired) electrons. The minimum Gasteiger partial charge on any atom is -0.464 e. The van der Waals surface area contributed by atoms with E-state index in [9.17, 15) is 31.6 Å². The summed E-state index contributed by atoms with van der Waals surface area (Å²) >= 11 is 0. The van der Waals surface area contributed by atoms with Crippen LogP contribution < -0.4 is 5.32 Å². The molecule has 1 amide bonds. The number of alkyl halides is 2. The number of alkyl carbamates (subject to hydrolysis) is 1. The zero-order chi connectivity index (χ0) is 19.7. The number of esters is 2. The van der Waals surface area contributed by atoms with E-state index in [4.69, 9.17) is 9.29 Å². The van der Waals surface area contributed by atoms with Crippen LogP contribution in [0.15, 0.2) is 0 Å². The number of hydrogen-bond donors (Lipinski definition) is 2. The SMILES string of the molecule is CCC(C)C(=O)OCCNC(=O)OCC(=O)OCC(F)(F)S(=O)(=O)O. The highest BCUT2D eigenvalue weighted by molar-refractivity contribution is 7.86. The molecule has 0 aromatic carbocycles. The molecule has 0 heterocycles. The lowest BCUT2D eigenvalue weighted by Crippen LogP contribution is -2.36. The minimum atomic E-state index is -5.73. The van der Waals surface area contributed by atoms with Crippen LogP contribution in [0.25, 0.3) is 0 Å². The molecule has 0 saturated heterocycles. The summed E-state index contributed by atoms with van der Waals surface area (Å²) in [6.45, 7) is 0.217. The van der Waals surface area contributed by atoms with Gasteiger partial charge in [-0.1, -0.05) is 13.8 Å². The number of carbonyl (C=O) groups excluding carboxylic acids is 3. The summed E-state index contributed by atoms with van der Waals surface area (Å²) in [5.74, 6) is -2.19. The van der Waals surface area contributed by atoms with Gasteiger partial charge in [-0.05, 0) is 6.42 Å². The van der Waals surface area contributed by atoms with Gasteiger partial charge in [-0.2, -0.15) is 17.2 Å². The largest absolute Gasteiger partial charge is 0.464 e. The van der Waals surface area contributed by atoms with Gasteiger partial charge in [0.25, 0.3) is 0 Å². The van der Waals surface area contributed by atoms with Crippen molar-refractivity contribution in [1.29, 1.82) is 0 Å². The maximum absolute atomic E-state index is 12.8. The smallest absolute Gasteiger partial charge is 0.407 e. The Morgan fingerprint density at radius 1 is 1.20 bits per heavy atom. The first-order chi connectivity index (χ1) is 11.4. The zero-order valence-corrected chi connectivity index (χ0v) is 14.3. The number of hydrogen-bond acceptors (Lipinski definition) is 8. The van der Waals surface area contributed by atoms with E-state index in [1.165, 1.54) is 0 Å². The minimum absolute atomic E-state index is 0.114. The van der Waals surface area contributed by atoms with Gasteiger partial charge in [0, 0.05) is 0 Å². The first kappa shape index (κ1) is 23.0. The molecule has 0 aromatic heterocycles. The highest BCUT2D eigenvalue weighted by Crippen LogP contribution is 2.20. The van der Waals surface area contributed by atoms with E-state index < -0.39 is 46.6 Å². The zero-order valence-electron chi connectivity index (χ0n) is 13.5. The Kier molecular flexibility index (Phi) is 9.27. The first-order valence-electron chi connectivity index (χ1n) is 6.98. The van der Waals surface area contributed by atoms with Gasteiger partial charge in [-0.15, -0.1) is 0 Å². The monoisotopic (exact) mass is 391 g/mol. The molecule has 146 valence electrons. The second-order valence-corrected chi connectivity index (χ2v) is 6.30. The van der Waals surface area contributed by atoms with Crippen LogP contribution in [0.4, 0.5) is 13.6 Å². The summed E-state index contributed by atoms with van der Waals surface area (Å²) in [7, 11) is -5.73. The molecule has 0 aliphatic carbocycles. The fraction of sp³-hybridized carbons (Fsp3) is 0.750. The normalized spacial score (nSPS) is 12.8. The Bertz CT molecular complexity index is 579. The van der Waals surface area contributed by atoms with Crippen LogP contribution in [0.1, 0.15) is 20.3 Å². The van der Waals surface area contributed by atoms with Crippen LogP contribution >= 0.6 is 0 Å². The van der Waals surface area contributed by atoms with Crippen molar-refractivity contribution < 1.29 is 50.3 Å². The summed E-state index contributed by atoms with van der Waals surface area (Å²) in [6, 6.07) is 0. The average molecular weight is 391 g/mol. The molecule has 0 aromatic rings. The van der Waals surface area contributed by atoms with Crippen molar-refractivity contribution in [3.05, 3.63) is 0 Å². The third-order valence-corrected chi connectivity index (χ3v) is 3.60. The van der Waals surface area contributed by atoms with Gasteiger partial charge < -0.3 is 19.5 Å². The molecule has 25 heavy (non-hydrogen) atoms. The van der Waals surface area contributed by atoms with Crippen molar-refractivity contribution in [2.45, 2.75) is 25.5 Å². The van der Waals surface area contributed by atoms with Crippen molar-refractivity contribution in [2.24, 2.45) is 5.92 Å². The van der Waals surface area contributed by atoms with E-state index in [1.54, 1.807) is 13.8 Å². The Morgan fingerprint density at radius 2 is 1.80 bits per heavy atom. The first-order valence-corrected chi connectivity index (χ1v) is 8.42. The number of carbonyl (C=O) groups is 3. The lowest BCUT2D eigenvalue weighted by Gasteiger charge is -2.13. The van der Waals surface area contributed by atoms with E-state index >= 15 is 0 Å². The lowest BCUT2D eigenvalue weighted by atomic mass is 10.1. The molecule has 0 bridgehead atoms.